The molecule has 0 aliphatic heterocycles. The van der Waals surface area contributed by atoms with Gasteiger partial charge < -0.3 is 10.6 Å². The molecule has 2 aromatic rings. The largest absolute Gasteiger partial charge is 0.353 e. The number of H-pyrrole nitrogens is 1. The summed E-state index contributed by atoms with van der Waals surface area (Å²) in [5.41, 5.74) is 0.0435. The Morgan fingerprint density at radius 3 is 2.72 bits per heavy atom. The normalized spacial score (nSPS) is 15.3. The summed E-state index contributed by atoms with van der Waals surface area (Å²) in [5, 5.41) is 24.3. The quantitative estimate of drug-likeness (QED) is 0.296. The zero-order valence-corrected chi connectivity index (χ0v) is 19.0. The maximum atomic E-state index is 12.7. The molecule has 1 aromatic carbocycles. The number of nitrogens with zero attached hydrogens (tertiary/aromatic N) is 3. The molecule has 1 aliphatic carbocycles. The highest BCUT2D eigenvalue weighted by atomic mass is 32.2. The Kier molecular flexibility index (Phi) is 8.20. The number of carbonyl (C=O) groups is 2. The number of nitro benzene ring substituents is 1. The van der Waals surface area contributed by atoms with Crippen LogP contribution in [-0.2, 0) is 4.79 Å². The van der Waals surface area contributed by atoms with Crippen LogP contribution in [0.4, 0.5) is 5.69 Å². The SMILES string of the molecule is CC(C)[C@H](NC(=O)c1cccc([N+](=O)[O-])c1)c1nc(SCC(=O)NC2CCCCC2)n[nH]1. The molecule has 3 rings (SSSR count). The molecule has 11 heteroatoms. The molecule has 1 saturated carbocycles. The summed E-state index contributed by atoms with van der Waals surface area (Å²) in [6.45, 7) is 3.84. The van der Waals surface area contributed by atoms with Crippen LogP contribution in [0.1, 0.15) is 68.2 Å². The second-order valence-corrected chi connectivity index (χ2v) is 9.14. The molecule has 0 radical (unpaired) electrons. The van der Waals surface area contributed by atoms with Crippen molar-refractivity contribution in [2.24, 2.45) is 5.92 Å². The zero-order valence-electron chi connectivity index (χ0n) is 18.2. The van der Waals surface area contributed by atoms with Gasteiger partial charge in [-0.05, 0) is 24.8 Å². The minimum atomic E-state index is -0.541. The highest BCUT2D eigenvalue weighted by Crippen LogP contribution is 2.23. The maximum Gasteiger partial charge on any atom is 0.270 e. The van der Waals surface area contributed by atoms with E-state index in [1.54, 1.807) is 0 Å². The number of amides is 2. The van der Waals surface area contributed by atoms with E-state index in [1.807, 2.05) is 13.8 Å². The van der Waals surface area contributed by atoms with E-state index < -0.39 is 16.9 Å². The van der Waals surface area contributed by atoms with Gasteiger partial charge in [-0.15, -0.1) is 5.10 Å². The lowest BCUT2D eigenvalue weighted by Gasteiger charge is -2.22. The molecule has 3 N–H and O–H groups in total. The van der Waals surface area contributed by atoms with Crippen molar-refractivity contribution >= 4 is 29.3 Å². The molecule has 1 aliphatic rings. The van der Waals surface area contributed by atoms with E-state index in [0.717, 1.165) is 25.7 Å². The lowest BCUT2D eigenvalue weighted by Crippen LogP contribution is -2.37. The average Bonchev–Trinajstić information content (AvgIpc) is 3.25. The van der Waals surface area contributed by atoms with Gasteiger partial charge in [0.05, 0.1) is 16.7 Å². The predicted molar refractivity (Wildman–Crippen MR) is 120 cm³/mol. The van der Waals surface area contributed by atoms with Crippen LogP contribution in [-0.4, -0.2) is 43.7 Å². The van der Waals surface area contributed by atoms with Gasteiger partial charge in [0.15, 0.2) is 0 Å². The number of nitrogens with one attached hydrogen (secondary N) is 3. The molecule has 32 heavy (non-hydrogen) atoms. The summed E-state index contributed by atoms with van der Waals surface area (Å²) >= 11 is 1.23. The molecule has 1 heterocycles. The molecule has 1 aromatic heterocycles. The molecule has 0 spiro atoms. The molecule has 0 unspecified atom stereocenters. The van der Waals surface area contributed by atoms with Gasteiger partial charge in [-0.2, -0.15) is 0 Å². The number of thioether (sulfide) groups is 1. The number of nitro groups is 1. The molecule has 1 atom stereocenters. The lowest BCUT2D eigenvalue weighted by molar-refractivity contribution is -0.384. The van der Waals surface area contributed by atoms with Crippen LogP contribution in [0.15, 0.2) is 29.4 Å². The fourth-order valence-electron chi connectivity index (χ4n) is 3.64. The van der Waals surface area contributed by atoms with Gasteiger partial charge in [0.2, 0.25) is 11.1 Å². The van der Waals surface area contributed by atoms with Crippen molar-refractivity contribution in [2.75, 3.05) is 5.75 Å². The topological polar surface area (TPSA) is 143 Å². The number of benzene rings is 1. The fraction of sp³-hybridized carbons (Fsp3) is 0.524. The third-order valence-corrected chi connectivity index (χ3v) is 6.20. The second-order valence-electron chi connectivity index (χ2n) is 8.20. The summed E-state index contributed by atoms with van der Waals surface area (Å²) in [6, 6.07) is 5.35. The number of carbonyl (C=O) groups excluding carboxylic acids is 2. The third kappa shape index (κ3) is 6.52. The van der Waals surface area contributed by atoms with Crippen LogP contribution in [0.3, 0.4) is 0 Å². The first-order valence-corrected chi connectivity index (χ1v) is 11.7. The summed E-state index contributed by atoms with van der Waals surface area (Å²) in [5.74, 6) is 0.199. The number of non-ortho nitro benzene ring substituents is 1. The van der Waals surface area contributed by atoms with E-state index in [1.165, 1.54) is 42.4 Å². The van der Waals surface area contributed by atoms with Crippen molar-refractivity contribution in [2.45, 2.75) is 63.2 Å². The number of rotatable bonds is 9. The van der Waals surface area contributed by atoms with E-state index in [-0.39, 0.29) is 34.9 Å². The Morgan fingerprint density at radius 2 is 2.03 bits per heavy atom. The van der Waals surface area contributed by atoms with E-state index >= 15 is 0 Å². The fourth-order valence-corrected chi connectivity index (χ4v) is 4.26. The van der Waals surface area contributed by atoms with E-state index in [9.17, 15) is 19.7 Å². The Labute approximate surface area is 190 Å². The predicted octanol–water partition coefficient (Wildman–Crippen LogP) is 3.38. The first-order valence-electron chi connectivity index (χ1n) is 10.7. The molecule has 1 fully saturated rings. The lowest BCUT2D eigenvalue weighted by atomic mass is 9.95. The third-order valence-electron chi connectivity index (χ3n) is 5.35. The number of aromatic nitrogens is 3. The van der Waals surface area contributed by atoms with E-state index in [4.69, 9.17) is 0 Å². The van der Waals surface area contributed by atoms with Crippen molar-refractivity contribution in [1.29, 1.82) is 0 Å². The van der Waals surface area contributed by atoms with Gasteiger partial charge >= 0.3 is 0 Å². The second kappa shape index (κ2) is 11.1. The van der Waals surface area contributed by atoms with Gasteiger partial charge in [-0.1, -0.05) is 50.9 Å². The van der Waals surface area contributed by atoms with Gasteiger partial charge in [-0.3, -0.25) is 24.8 Å². The molecular formula is C21H28N6O4S. The number of aromatic amines is 1. The highest BCUT2D eigenvalue weighted by Gasteiger charge is 2.24. The van der Waals surface area contributed by atoms with Crippen molar-refractivity contribution in [3.63, 3.8) is 0 Å². The van der Waals surface area contributed by atoms with Crippen LogP contribution in [0, 0.1) is 16.0 Å². The van der Waals surface area contributed by atoms with Gasteiger partial charge in [0, 0.05) is 23.7 Å². The Morgan fingerprint density at radius 1 is 1.28 bits per heavy atom. The first kappa shape index (κ1) is 23.7. The summed E-state index contributed by atoms with van der Waals surface area (Å²) in [6.07, 6.45) is 5.60. The van der Waals surface area contributed by atoms with Crippen molar-refractivity contribution in [3.8, 4) is 0 Å². The van der Waals surface area contributed by atoms with Crippen LogP contribution >= 0.6 is 11.8 Å². The van der Waals surface area contributed by atoms with Crippen molar-refractivity contribution < 1.29 is 14.5 Å². The minimum Gasteiger partial charge on any atom is -0.353 e. The first-order chi connectivity index (χ1) is 15.3. The molecule has 0 saturated heterocycles. The van der Waals surface area contributed by atoms with Crippen LogP contribution in [0.5, 0.6) is 0 Å². The van der Waals surface area contributed by atoms with E-state index in [0.29, 0.717) is 11.0 Å². The molecular weight excluding hydrogens is 432 g/mol. The van der Waals surface area contributed by atoms with Gasteiger partial charge in [-0.25, -0.2) is 4.98 Å². The molecule has 10 nitrogen and oxygen atoms in total. The van der Waals surface area contributed by atoms with Crippen LogP contribution < -0.4 is 10.6 Å². The van der Waals surface area contributed by atoms with Crippen molar-refractivity contribution in [1.82, 2.24) is 25.8 Å². The van der Waals surface area contributed by atoms with Gasteiger partial charge in [0.1, 0.15) is 5.82 Å². The van der Waals surface area contributed by atoms with Crippen LogP contribution in [0.25, 0.3) is 0 Å². The van der Waals surface area contributed by atoms with Crippen LogP contribution in [0.2, 0.25) is 0 Å². The molecule has 2 amide bonds. The maximum absolute atomic E-state index is 12.7. The number of hydrogen-bond acceptors (Lipinski definition) is 7. The standard InChI is InChI=1S/C21H28N6O4S/c1-13(2)18(23-20(29)14-7-6-10-16(11-14)27(30)31)19-24-21(26-25-19)32-12-17(28)22-15-8-4-3-5-9-15/h6-7,10-11,13,15,18H,3-5,8-9,12H2,1-2H3,(H,22,28)(H,23,29)(H,24,25,26)/t18-/m0/s1. The zero-order chi connectivity index (χ0) is 23.1. The average molecular weight is 461 g/mol. The molecule has 172 valence electrons. The highest BCUT2D eigenvalue weighted by molar-refractivity contribution is 7.99. The Balaban J connectivity index is 1.59. The molecule has 0 bridgehead atoms. The monoisotopic (exact) mass is 460 g/mol. The Bertz CT molecular complexity index is 957. The summed E-state index contributed by atoms with van der Waals surface area (Å²) in [4.78, 5) is 39.7. The minimum absolute atomic E-state index is 0.0157. The number of hydrogen-bond donors (Lipinski definition) is 3. The van der Waals surface area contributed by atoms with Crippen molar-refractivity contribution in [3.05, 3.63) is 45.8 Å². The smallest absolute Gasteiger partial charge is 0.270 e. The summed E-state index contributed by atoms with van der Waals surface area (Å²) in [7, 11) is 0. The van der Waals surface area contributed by atoms with E-state index in [2.05, 4.69) is 25.8 Å². The summed E-state index contributed by atoms with van der Waals surface area (Å²) < 4.78 is 0. The van der Waals surface area contributed by atoms with Gasteiger partial charge in [0.25, 0.3) is 11.6 Å². The Hall–Kier alpha value is -2.95.